The van der Waals surface area contributed by atoms with Crippen molar-refractivity contribution in [2.45, 2.75) is 12.5 Å². The minimum absolute atomic E-state index is 0. The molecule has 4 N–H and O–H groups in total. The van der Waals surface area contributed by atoms with Gasteiger partial charge in [0.1, 0.15) is 6.04 Å². The van der Waals surface area contributed by atoms with Crippen molar-refractivity contribution in [1.82, 2.24) is 9.88 Å². The van der Waals surface area contributed by atoms with Crippen LogP contribution in [0.15, 0.2) is 30.5 Å². The fourth-order valence-electron chi connectivity index (χ4n) is 2.22. The van der Waals surface area contributed by atoms with Gasteiger partial charge in [0.05, 0.1) is 6.54 Å². The number of carboxylic acids is 1. The van der Waals surface area contributed by atoms with Crippen molar-refractivity contribution in [3.8, 4) is 0 Å². The van der Waals surface area contributed by atoms with Crippen molar-refractivity contribution in [1.29, 1.82) is 0 Å². The number of nitrogens with one attached hydrogen (secondary N) is 1. The summed E-state index contributed by atoms with van der Waals surface area (Å²) in [6.07, 6.45) is 2.02. The lowest BCUT2D eigenvalue weighted by atomic mass is 10.0. The van der Waals surface area contributed by atoms with Crippen molar-refractivity contribution in [3.63, 3.8) is 0 Å². The molecule has 0 fully saturated rings. The number of hydrogen-bond donors (Lipinski definition) is 3. The number of carbonyl (C=O) groups excluding carboxylic acids is 1. The van der Waals surface area contributed by atoms with E-state index in [9.17, 15) is 14.7 Å². The summed E-state index contributed by atoms with van der Waals surface area (Å²) in [6.45, 7) is -0.200. The predicted molar refractivity (Wildman–Crippen MR) is 89.7 cm³/mol. The second-order valence-electron chi connectivity index (χ2n) is 4.63. The van der Waals surface area contributed by atoms with E-state index in [4.69, 9.17) is 5.73 Å². The number of hydrogen-bond acceptors (Lipinski definition) is 3. The highest BCUT2D eigenvalue weighted by Gasteiger charge is 2.26. The molecular weight excluding hydrogens is 329 g/mol. The van der Waals surface area contributed by atoms with Gasteiger partial charge in [0.2, 0.25) is 5.91 Å². The molecule has 6 nitrogen and oxygen atoms in total. The van der Waals surface area contributed by atoms with E-state index in [0.29, 0.717) is 0 Å². The van der Waals surface area contributed by atoms with Crippen molar-refractivity contribution in [3.05, 3.63) is 36.0 Å². The number of fused-ring (bicyclic) bond motifs is 1. The number of H-pyrrole nitrogens is 1. The molecule has 0 saturated heterocycles. The molecule has 1 aromatic heterocycles. The predicted octanol–water partition coefficient (Wildman–Crippen LogP) is 1.42. The van der Waals surface area contributed by atoms with Crippen LogP contribution >= 0.6 is 24.8 Å². The zero-order chi connectivity index (χ0) is 14.7. The molecule has 2 rings (SSSR count). The number of likely N-dealkylation sites (N-methyl/N-ethyl adjacent to an activating group) is 1. The van der Waals surface area contributed by atoms with Gasteiger partial charge in [-0.15, -0.1) is 24.8 Å². The highest BCUT2D eigenvalue weighted by atomic mass is 35.5. The quantitative estimate of drug-likeness (QED) is 0.761. The molecule has 0 aliphatic heterocycles. The van der Waals surface area contributed by atoms with Gasteiger partial charge in [-0.05, 0) is 11.6 Å². The van der Waals surface area contributed by atoms with E-state index in [1.807, 2.05) is 24.3 Å². The largest absolute Gasteiger partial charge is 0.480 e. The maximum Gasteiger partial charge on any atom is 0.326 e. The van der Waals surface area contributed by atoms with Gasteiger partial charge >= 0.3 is 5.97 Å². The lowest BCUT2D eigenvalue weighted by Gasteiger charge is -2.24. The summed E-state index contributed by atoms with van der Waals surface area (Å²) in [5.41, 5.74) is 7.09. The van der Waals surface area contributed by atoms with Gasteiger partial charge in [-0.3, -0.25) is 4.79 Å². The summed E-state index contributed by atoms with van der Waals surface area (Å²) in [6, 6.07) is 6.71. The third-order valence-electron chi connectivity index (χ3n) is 3.41. The molecule has 0 bridgehead atoms. The Bertz CT molecular complexity index is 645. The number of para-hydroxylation sites is 1. The first-order valence-electron chi connectivity index (χ1n) is 6.28. The number of rotatable bonds is 5. The third-order valence-corrected chi connectivity index (χ3v) is 3.41. The van der Waals surface area contributed by atoms with E-state index in [-0.39, 0.29) is 37.8 Å². The maximum atomic E-state index is 11.6. The van der Waals surface area contributed by atoms with Gasteiger partial charge < -0.3 is 20.7 Å². The smallest absolute Gasteiger partial charge is 0.326 e. The van der Waals surface area contributed by atoms with E-state index in [1.54, 1.807) is 6.20 Å². The van der Waals surface area contributed by atoms with Gasteiger partial charge in [-0.25, -0.2) is 4.79 Å². The molecule has 0 aliphatic carbocycles. The van der Waals surface area contributed by atoms with Crippen LogP contribution in [-0.4, -0.2) is 46.5 Å². The summed E-state index contributed by atoms with van der Waals surface area (Å²) in [5.74, 6) is -1.43. The second kappa shape index (κ2) is 8.63. The van der Waals surface area contributed by atoms with Crippen molar-refractivity contribution >= 4 is 47.6 Å². The normalized spacial score (nSPS) is 11.2. The Morgan fingerprint density at radius 2 is 1.95 bits per heavy atom. The zero-order valence-electron chi connectivity index (χ0n) is 12.0. The highest BCUT2D eigenvalue weighted by Crippen LogP contribution is 2.20. The van der Waals surface area contributed by atoms with Crippen LogP contribution in [0.5, 0.6) is 0 Å². The van der Waals surface area contributed by atoms with E-state index in [1.165, 1.54) is 11.9 Å². The maximum absolute atomic E-state index is 11.6. The van der Waals surface area contributed by atoms with E-state index >= 15 is 0 Å². The highest BCUT2D eigenvalue weighted by molar-refractivity contribution is 5.87. The summed E-state index contributed by atoms with van der Waals surface area (Å²) in [7, 11) is 1.46. The molecule has 22 heavy (non-hydrogen) atoms. The number of aromatic amines is 1. The molecule has 1 aromatic carbocycles. The summed E-state index contributed by atoms with van der Waals surface area (Å²) < 4.78 is 0. The van der Waals surface area contributed by atoms with Crippen LogP contribution in [0.2, 0.25) is 0 Å². The van der Waals surface area contributed by atoms with Gasteiger partial charge in [-0.1, -0.05) is 18.2 Å². The van der Waals surface area contributed by atoms with Crippen LogP contribution in [0.3, 0.4) is 0 Å². The van der Waals surface area contributed by atoms with Gasteiger partial charge in [-0.2, -0.15) is 0 Å². The monoisotopic (exact) mass is 347 g/mol. The number of carboxylic acid groups (broad SMARTS) is 1. The second-order valence-corrected chi connectivity index (χ2v) is 4.63. The molecule has 0 spiro atoms. The lowest BCUT2D eigenvalue weighted by molar-refractivity contribution is -0.148. The Hall–Kier alpha value is -1.76. The fourth-order valence-corrected chi connectivity index (χ4v) is 2.22. The fraction of sp³-hybridized carbons (Fsp3) is 0.286. The number of benzene rings is 1. The van der Waals surface area contributed by atoms with Crippen LogP contribution in [0.4, 0.5) is 0 Å². The van der Waals surface area contributed by atoms with Gasteiger partial charge in [0.25, 0.3) is 0 Å². The number of aromatic nitrogens is 1. The van der Waals surface area contributed by atoms with E-state index < -0.39 is 17.9 Å². The summed E-state index contributed by atoms with van der Waals surface area (Å²) in [4.78, 5) is 27.2. The average molecular weight is 348 g/mol. The van der Waals surface area contributed by atoms with Crippen LogP contribution in [-0.2, 0) is 16.0 Å². The Balaban J connectivity index is 0.00000220. The molecule has 0 radical (unpaired) electrons. The molecule has 0 unspecified atom stereocenters. The van der Waals surface area contributed by atoms with Gasteiger partial charge in [0, 0.05) is 30.6 Å². The molecule has 1 heterocycles. The van der Waals surface area contributed by atoms with Gasteiger partial charge in [0.15, 0.2) is 0 Å². The summed E-state index contributed by atoms with van der Waals surface area (Å²) >= 11 is 0. The number of carbonyl (C=O) groups is 2. The number of amides is 1. The Morgan fingerprint density at radius 3 is 2.55 bits per heavy atom. The number of nitrogens with zero attached hydrogens (tertiary/aromatic N) is 1. The van der Waals surface area contributed by atoms with E-state index in [2.05, 4.69) is 4.98 Å². The topological polar surface area (TPSA) is 99.4 Å². The van der Waals surface area contributed by atoms with Crippen molar-refractivity contribution in [2.75, 3.05) is 13.6 Å². The number of aliphatic carboxylic acids is 1. The standard InChI is InChI=1S/C14H17N3O3.2ClH/c1-17(13(18)7-15)12(14(19)20)6-9-8-16-11-5-3-2-4-10(9)11;;/h2-5,8,12,16H,6-7,15H2,1H3,(H,19,20);2*1H/t12-;;/m1../s1. The molecule has 122 valence electrons. The molecule has 2 aromatic rings. The summed E-state index contributed by atoms with van der Waals surface area (Å²) in [5, 5.41) is 10.3. The zero-order valence-corrected chi connectivity index (χ0v) is 13.6. The molecule has 1 atom stereocenters. The molecule has 1 amide bonds. The van der Waals surface area contributed by atoms with Crippen LogP contribution in [0.25, 0.3) is 10.9 Å². The number of halogens is 2. The number of nitrogens with two attached hydrogens (primary N) is 1. The van der Waals surface area contributed by atoms with E-state index in [0.717, 1.165) is 16.5 Å². The first-order chi connectivity index (χ1) is 9.54. The van der Waals surface area contributed by atoms with Crippen LogP contribution < -0.4 is 5.73 Å². The molecular formula is C14H19Cl2N3O3. The Labute approximate surface area is 140 Å². The van der Waals surface area contributed by atoms with Crippen LogP contribution in [0, 0.1) is 0 Å². The molecule has 0 aliphatic rings. The van der Waals surface area contributed by atoms with Crippen molar-refractivity contribution < 1.29 is 14.7 Å². The SMILES string of the molecule is CN(C(=O)CN)[C@H](Cc1c[nH]c2ccccc12)C(=O)O.Cl.Cl. The Kier molecular flexibility index (Phi) is 7.94. The van der Waals surface area contributed by atoms with Crippen molar-refractivity contribution in [2.24, 2.45) is 5.73 Å². The first-order valence-corrected chi connectivity index (χ1v) is 6.28. The Morgan fingerprint density at radius 1 is 1.32 bits per heavy atom. The minimum atomic E-state index is -1.04. The molecule has 0 saturated carbocycles. The third kappa shape index (κ3) is 4.13. The molecule has 8 heteroatoms. The van der Waals surface area contributed by atoms with Crippen LogP contribution in [0.1, 0.15) is 5.56 Å². The minimum Gasteiger partial charge on any atom is -0.480 e. The lowest BCUT2D eigenvalue weighted by Crippen LogP contribution is -2.46. The average Bonchev–Trinajstić information content (AvgIpc) is 2.86. The first kappa shape index (κ1) is 20.2.